The van der Waals surface area contributed by atoms with Crippen LogP contribution in [-0.4, -0.2) is 18.1 Å². The summed E-state index contributed by atoms with van der Waals surface area (Å²) in [6.45, 7) is 9.56. The lowest BCUT2D eigenvalue weighted by molar-refractivity contribution is 0.310. The highest BCUT2D eigenvalue weighted by atomic mass is 15.2. The topological polar surface area (TPSA) is 42.2 Å². The molecule has 2 rings (SSSR count). The largest absolute Gasteiger partial charge is 0.357 e. The first-order valence-corrected chi connectivity index (χ1v) is 7.03. The molecule has 3 nitrogen and oxygen atoms in total. The van der Waals surface area contributed by atoms with Crippen LogP contribution in [-0.2, 0) is 6.54 Å². The van der Waals surface area contributed by atoms with Crippen LogP contribution in [0, 0.1) is 18.8 Å². The van der Waals surface area contributed by atoms with Crippen LogP contribution in [0.3, 0.4) is 0 Å². The van der Waals surface area contributed by atoms with Crippen molar-refractivity contribution in [2.45, 2.75) is 40.2 Å². The molecule has 18 heavy (non-hydrogen) atoms. The summed E-state index contributed by atoms with van der Waals surface area (Å²) in [4.78, 5) is 7.09. The fraction of sp³-hybridized carbons (Fsp3) is 0.667. The molecule has 1 fully saturated rings. The molecule has 3 heteroatoms. The summed E-state index contributed by atoms with van der Waals surface area (Å²) in [7, 11) is 0. The van der Waals surface area contributed by atoms with Crippen molar-refractivity contribution in [1.82, 2.24) is 4.98 Å². The molecule has 0 amide bonds. The maximum atomic E-state index is 5.68. The molecule has 0 atom stereocenters. The Balaban J connectivity index is 2.03. The van der Waals surface area contributed by atoms with E-state index in [4.69, 9.17) is 5.73 Å². The van der Waals surface area contributed by atoms with E-state index in [0.29, 0.717) is 6.54 Å². The van der Waals surface area contributed by atoms with Crippen molar-refractivity contribution in [1.29, 1.82) is 0 Å². The van der Waals surface area contributed by atoms with Crippen LogP contribution in [0.25, 0.3) is 0 Å². The Bertz CT molecular complexity index is 393. The minimum absolute atomic E-state index is 0.578. The summed E-state index contributed by atoms with van der Waals surface area (Å²) in [5, 5.41) is 0. The fourth-order valence-corrected chi connectivity index (χ4v) is 2.76. The Morgan fingerprint density at radius 1 is 1.33 bits per heavy atom. The standard InChI is InChI=1S/C15H25N3/c1-11(2)13-6-8-18(9-7-13)15-5-4-14(10-16)12(3)17-15/h4-5,11,13H,6-10,16H2,1-3H3. The number of pyridine rings is 1. The van der Waals surface area contributed by atoms with Gasteiger partial charge in [-0.3, -0.25) is 0 Å². The van der Waals surface area contributed by atoms with Gasteiger partial charge < -0.3 is 10.6 Å². The van der Waals surface area contributed by atoms with Gasteiger partial charge in [0, 0.05) is 25.3 Å². The minimum Gasteiger partial charge on any atom is -0.357 e. The van der Waals surface area contributed by atoms with Crippen LogP contribution in [0.4, 0.5) is 5.82 Å². The zero-order chi connectivity index (χ0) is 13.1. The molecule has 100 valence electrons. The number of nitrogens with two attached hydrogens (primary N) is 1. The van der Waals surface area contributed by atoms with Gasteiger partial charge in [0.1, 0.15) is 5.82 Å². The molecule has 0 radical (unpaired) electrons. The van der Waals surface area contributed by atoms with E-state index in [1.54, 1.807) is 0 Å². The van der Waals surface area contributed by atoms with Gasteiger partial charge in [0.25, 0.3) is 0 Å². The monoisotopic (exact) mass is 247 g/mol. The lowest BCUT2D eigenvalue weighted by Crippen LogP contribution is -2.35. The third-order valence-electron chi connectivity index (χ3n) is 4.21. The van der Waals surface area contributed by atoms with Gasteiger partial charge in [0.05, 0.1) is 0 Å². The number of piperidine rings is 1. The van der Waals surface area contributed by atoms with Crippen molar-refractivity contribution in [3.8, 4) is 0 Å². The molecule has 2 heterocycles. The molecule has 1 aliphatic rings. The average molecular weight is 247 g/mol. The molecule has 0 aromatic carbocycles. The Hall–Kier alpha value is -1.09. The predicted octanol–water partition coefficient (Wildman–Crippen LogP) is 2.72. The van der Waals surface area contributed by atoms with Crippen molar-refractivity contribution >= 4 is 5.82 Å². The molecule has 0 spiro atoms. The minimum atomic E-state index is 0.578. The van der Waals surface area contributed by atoms with Crippen molar-refractivity contribution < 1.29 is 0 Å². The van der Waals surface area contributed by atoms with E-state index >= 15 is 0 Å². The summed E-state index contributed by atoms with van der Waals surface area (Å²) in [5.74, 6) is 2.80. The normalized spacial score (nSPS) is 17.5. The van der Waals surface area contributed by atoms with E-state index in [-0.39, 0.29) is 0 Å². The molecule has 0 bridgehead atoms. The van der Waals surface area contributed by atoms with Crippen molar-refractivity contribution in [2.24, 2.45) is 17.6 Å². The highest BCUT2D eigenvalue weighted by molar-refractivity contribution is 5.42. The first kappa shape index (κ1) is 13.3. The number of anilines is 1. The maximum absolute atomic E-state index is 5.68. The number of aromatic nitrogens is 1. The zero-order valence-electron chi connectivity index (χ0n) is 11.8. The first-order valence-electron chi connectivity index (χ1n) is 7.03. The van der Waals surface area contributed by atoms with Gasteiger partial charge in [-0.15, -0.1) is 0 Å². The molecule has 0 unspecified atom stereocenters. The van der Waals surface area contributed by atoms with Crippen LogP contribution in [0.2, 0.25) is 0 Å². The Morgan fingerprint density at radius 3 is 2.50 bits per heavy atom. The Morgan fingerprint density at radius 2 is 2.00 bits per heavy atom. The van der Waals surface area contributed by atoms with Gasteiger partial charge in [-0.25, -0.2) is 4.98 Å². The van der Waals surface area contributed by atoms with Crippen LogP contribution in [0.15, 0.2) is 12.1 Å². The number of rotatable bonds is 3. The summed E-state index contributed by atoms with van der Waals surface area (Å²) in [6.07, 6.45) is 2.58. The molecule has 1 aromatic heterocycles. The Labute approximate surface area is 110 Å². The SMILES string of the molecule is Cc1nc(N2CCC(C(C)C)CC2)ccc1CN. The van der Waals surface area contributed by atoms with Crippen LogP contribution >= 0.6 is 0 Å². The maximum Gasteiger partial charge on any atom is 0.128 e. The van der Waals surface area contributed by atoms with Gasteiger partial charge in [-0.2, -0.15) is 0 Å². The molecule has 1 saturated heterocycles. The third kappa shape index (κ3) is 2.83. The number of hydrogen-bond donors (Lipinski definition) is 1. The average Bonchev–Trinajstić information content (AvgIpc) is 2.38. The molecule has 1 aromatic rings. The second kappa shape index (κ2) is 5.70. The molecule has 2 N–H and O–H groups in total. The van der Waals surface area contributed by atoms with Crippen molar-refractivity contribution in [2.75, 3.05) is 18.0 Å². The number of aryl methyl sites for hydroxylation is 1. The molecule has 1 aliphatic heterocycles. The van der Waals surface area contributed by atoms with Crippen molar-refractivity contribution in [3.63, 3.8) is 0 Å². The highest BCUT2D eigenvalue weighted by Crippen LogP contribution is 2.27. The summed E-state index contributed by atoms with van der Waals surface area (Å²) in [5.41, 5.74) is 7.90. The van der Waals surface area contributed by atoms with E-state index in [1.807, 2.05) is 6.92 Å². The highest BCUT2D eigenvalue weighted by Gasteiger charge is 2.22. The molecular weight excluding hydrogens is 222 g/mol. The van der Waals surface area contributed by atoms with Gasteiger partial charge in [0.2, 0.25) is 0 Å². The predicted molar refractivity (Wildman–Crippen MR) is 76.6 cm³/mol. The van der Waals surface area contributed by atoms with E-state index in [2.05, 4.69) is 35.9 Å². The summed E-state index contributed by atoms with van der Waals surface area (Å²) in [6, 6.07) is 4.23. The van der Waals surface area contributed by atoms with E-state index < -0.39 is 0 Å². The van der Waals surface area contributed by atoms with Gasteiger partial charge in [-0.1, -0.05) is 19.9 Å². The van der Waals surface area contributed by atoms with Crippen LogP contribution in [0.1, 0.15) is 37.9 Å². The van der Waals surface area contributed by atoms with Gasteiger partial charge in [0.15, 0.2) is 0 Å². The van der Waals surface area contributed by atoms with E-state index in [9.17, 15) is 0 Å². The summed E-state index contributed by atoms with van der Waals surface area (Å²) < 4.78 is 0. The van der Waals surface area contributed by atoms with E-state index in [0.717, 1.165) is 42.0 Å². The van der Waals surface area contributed by atoms with Crippen LogP contribution in [0.5, 0.6) is 0 Å². The lowest BCUT2D eigenvalue weighted by atomic mass is 9.87. The number of hydrogen-bond acceptors (Lipinski definition) is 3. The first-order chi connectivity index (χ1) is 8.61. The number of nitrogens with zero attached hydrogens (tertiary/aromatic N) is 2. The molecule has 0 saturated carbocycles. The van der Waals surface area contributed by atoms with Crippen molar-refractivity contribution in [3.05, 3.63) is 23.4 Å². The van der Waals surface area contributed by atoms with E-state index in [1.165, 1.54) is 12.8 Å². The van der Waals surface area contributed by atoms with Crippen LogP contribution < -0.4 is 10.6 Å². The molecule has 0 aliphatic carbocycles. The zero-order valence-corrected chi connectivity index (χ0v) is 11.8. The summed E-state index contributed by atoms with van der Waals surface area (Å²) >= 11 is 0. The smallest absolute Gasteiger partial charge is 0.128 e. The lowest BCUT2D eigenvalue weighted by Gasteiger charge is -2.34. The van der Waals surface area contributed by atoms with Gasteiger partial charge in [-0.05, 0) is 43.2 Å². The fourth-order valence-electron chi connectivity index (χ4n) is 2.76. The third-order valence-corrected chi connectivity index (χ3v) is 4.21. The molecular formula is C15H25N3. The van der Waals surface area contributed by atoms with Gasteiger partial charge >= 0.3 is 0 Å². The Kier molecular flexibility index (Phi) is 4.23. The quantitative estimate of drug-likeness (QED) is 0.893. The second-order valence-electron chi connectivity index (χ2n) is 5.69. The second-order valence-corrected chi connectivity index (χ2v) is 5.69.